The molecule has 5 rings (SSSR count). The Balaban J connectivity index is 1.31. The van der Waals surface area contributed by atoms with Gasteiger partial charge in [0.15, 0.2) is 0 Å². The number of amides is 2. The van der Waals surface area contributed by atoms with E-state index in [0.29, 0.717) is 13.2 Å². The molecule has 3 aromatic carbocycles. The highest BCUT2D eigenvalue weighted by atomic mass is 16.5. The number of nitrogens with zero attached hydrogens (tertiary/aromatic N) is 1. The van der Waals surface area contributed by atoms with E-state index < -0.39 is 5.41 Å². The summed E-state index contributed by atoms with van der Waals surface area (Å²) in [5, 5.41) is 2.93. The quantitative estimate of drug-likeness (QED) is 0.574. The minimum Gasteiger partial charge on any atom is -0.497 e. The summed E-state index contributed by atoms with van der Waals surface area (Å²) in [6.45, 7) is 0.640. The molecule has 6 nitrogen and oxygen atoms in total. The Hall–Kier alpha value is -3.80. The number of rotatable bonds is 8. The van der Waals surface area contributed by atoms with Crippen molar-refractivity contribution in [2.75, 3.05) is 25.2 Å². The molecule has 0 saturated heterocycles. The van der Waals surface area contributed by atoms with Crippen LogP contribution >= 0.6 is 0 Å². The van der Waals surface area contributed by atoms with Gasteiger partial charge in [0.25, 0.3) is 0 Å². The zero-order chi connectivity index (χ0) is 22.8. The molecule has 3 aromatic rings. The topological polar surface area (TPSA) is 67.9 Å². The summed E-state index contributed by atoms with van der Waals surface area (Å²) >= 11 is 0. The van der Waals surface area contributed by atoms with Crippen molar-refractivity contribution in [3.05, 3.63) is 90.0 Å². The monoisotopic (exact) mass is 442 g/mol. The van der Waals surface area contributed by atoms with Crippen LogP contribution in [0.25, 0.3) is 0 Å². The Labute approximate surface area is 193 Å². The minimum absolute atomic E-state index is 0.0282. The normalized spacial score (nSPS) is 20.5. The van der Waals surface area contributed by atoms with Gasteiger partial charge in [-0.1, -0.05) is 48.5 Å². The van der Waals surface area contributed by atoms with Gasteiger partial charge >= 0.3 is 0 Å². The maximum Gasteiger partial charge on any atom is 0.240 e. The lowest BCUT2D eigenvalue weighted by Crippen LogP contribution is -2.48. The molecule has 0 aromatic heterocycles. The molecule has 6 heteroatoms. The van der Waals surface area contributed by atoms with Crippen molar-refractivity contribution in [2.24, 2.45) is 5.41 Å². The molecular weight excluding hydrogens is 416 g/mol. The third-order valence-electron chi connectivity index (χ3n) is 6.51. The lowest BCUT2D eigenvalue weighted by atomic mass is 9.92. The Bertz CT molecular complexity index is 1180. The highest BCUT2D eigenvalue weighted by Crippen LogP contribution is 2.65. The molecule has 1 N–H and O–H groups in total. The van der Waals surface area contributed by atoms with E-state index in [-0.39, 0.29) is 24.3 Å². The van der Waals surface area contributed by atoms with Gasteiger partial charge < -0.3 is 19.7 Å². The first kappa shape index (κ1) is 21.1. The molecule has 1 heterocycles. The fraction of sp³-hybridized carbons (Fsp3) is 0.259. The van der Waals surface area contributed by atoms with Gasteiger partial charge in [0.05, 0.1) is 12.5 Å². The van der Waals surface area contributed by atoms with Gasteiger partial charge in [0, 0.05) is 18.2 Å². The van der Waals surface area contributed by atoms with Crippen LogP contribution in [-0.2, 0) is 16.1 Å². The van der Waals surface area contributed by atoms with Gasteiger partial charge in [-0.15, -0.1) is 0 Å². The average Bonchev–Trinajstić information content (AvgIpc) is 3.61. The summed E-state index contributed by atoms with van der Waals surface area (Å²) in [4.78, 5) is 28.1. The highest BCUT2D eigenvalue weighted by molar-refractivity contribution is 6.07. The second-order valence-electron chi connectivity index (χ2n) is 8.59. The molecule has 168 valence electrons. The summed E-state index contributed by atoms with van der Waals surface area (Å²) in [7, 11) is 1.61. The number of para-hydroxylation sites is 2. The van der Waals surface area contributed by atoms with Crippen molar-refractivity contribution in [3.8, 4) is 11.5 Å². The maximum atomic E-state index is 13.6. The number of ether oxygens (including phenoxy) is 2. The highest BCUT2D eigenvalue weighted by Gasteiger charge is 2.66. The van der Waals surface area contributed by atoms with Crippen LogP contribution < -0.4 is 19.7 Å². The van der Waals surface area contributed by atoms with Crippen LogP contribution in [0.15, 0.2) is 78.9 Å². The first-order valence-corrected chi connectivity index (χ1v) is 11.1. The van der Waals surface area contributed by atoms with Gasteiger partial charge in [-0.25, -0.2) is 0 Å². The summed E-state index contributed by atoms with van der Waals surface area (Å²) < 4.78 is 11.2. The molecule has 2 aliphatic rings. The molecule has 0 bridgehead atoms. The van der Waals surface area contributed by atoms with E-state index in [1.165, 1.54) is 0 Å². The van der Waals surface area contributed by atoms with E-state index in [0.717, 1.165) is 34.7 Å². The Morgan fingerprint density at radius 1 is 1.03 bits per heavy atom. The zero-order valence-electron chi connectivity index (χ0n) is 18.5. The van der Waals surface area contributed by atoms with Crippen LogP contribution in [0.2, 0.25) is 0 Å². The molecule has 1 aliphatic heterocycles. The Morgan fingerprint density at radius 3 is 2.61 bits per heavy atom. The number of nitrogens with one attached hydrogen (secondary N) is 1. The van der Waals surface area contributed by atoms with Crippen LogP contribution in [0, 0.1) is 5.41 Å². The van der Waals surface area contributed by atoms with E-state index in [9.17, 15) is 9.59 Å². The van der Waals surface area contributed by atoms with Crippen molar-refractivity contribution in [1.29, 1.82) is 0 Å². The number of hydrogen-bond donors (Lipinski definition) is 1. The van der Waals surface area contributed by atoms with Crippen LogP contribution in [0.3, 0.4) is 0 Å². The van der Waals surface area contributed by atoms with Crippen LogP contribution in [-0.4, -0.2) is 32.1 Å². The predicted octanol–water partition coefficient (Wildman–Crippen LogP) is 3.91. The largest absolute Gasteiger partial charge is 0.497 e. The molecule has 2 amide bonds. The first-order valence-electron chi connectivity index (χ1n) is 11.1. The minimum atomic E-state index is -0.614. The third-order valence-corrected chi connectivity index (χ3v) is 6.51. The molecule has 0 spiro atoms. The molecule has 1 saturated carbocycles. The van der Waals surface area contributed by atoms with E-state index in [1.807, 2.05) is 72.8 Å². The van der Waals surface area contributed by atoms with Crippen LogP contribution in [0.1, 0.15) is 23.5 Å². The standard InChI is InChI=1S/C27H26N2O4/c1-32-21-11-7-8-19(14-21)16-28-25(30)17-29-24-13-6-5-12-22(24)23-15-27(23,26(29)31)18-33-20-9-3-2-4-10-20/h2-14,23H,15-18H2,1H3,(H,28,30)/t23-,27+/m0/s1. The number of carbonyl (C=O) groups excluding carboxylic acids is 2. The Kier molecular flexibility index (Phi) is 5.50. The number of benzene rings is 3. The first-order chi connectivity index (χ1) is 16.1. The van der Waals surface area contributed by atoms with Gasteiger partial charge in [0.1, 0.15) is 24.7 Å². The van der Waals surface area contributed by atoms with E-state index in [1.54, 1.807) is 12.0 Å². The van der Waals surface area contributed by atoms with E-state index in [2.05, 4.69) is 11.4 Å². The molecule has 0 radical (unpaired) electrons. The van der Waals surface area contributed by atoms with Crippen LogP contribution in [0.4, 0.5) is 5.69 Å². The van der Waals surface area contributed by atoms with Crippen molar-refractivity contribution < 1.29 is 19.1 Å². The smallest absolute Gasteiger partial charge is 0.240 e. The fourth-order valence-corrected chi connectivity index (χ4v) is 4.65. The molecule has 1 fully saturated rings. The second-order valence-corrected chi connectivity index (χ2v) is 8.59. The summed E-state index contributed by atoms with van der Waals surface area (Å²) in [5.74, 6) is 1.35. The molecule has 1 aliphatic carbocycles. The van der Waals surface area contributed by atoms with Gasteiger partial charge in [-0.05, 0) is 47.9 Å². The lowest BCUT2D eigenvalue weighted by Gasteiger charge is -2.33. The number of carbonyl (C=O) groups is 2. The number of methoxy groups -OCH3 is 1. The summed E-state index contributed by atoms with van der Waals surface area (Å²) in [5.41, 5.74) is 2.24. The molecule has 33 heavy (non-hydrogen) atoms. The van der Waals surface area contributed by atoms with Crippen LogP contribution in [0.5, 0.6) is 11.5 Å². The van der Waals surface area contributed by atoms with Gasteiger partial charge in [-0.3, -0.25) is 9.59 Å². The fourth-order valence-electron chi connectivity index (χ4n) is 4.65. The second kappa shape index (κ2) is 8.62. The van der Waals surface area contributed by atoms with Gasteiger partial charge in [-0.2, -0.15) is 0 Å². The number of fused-ring (bicyclic) bond motifs is 3. The molecule has 2 atom stereocenters. The van der Waals surface area contributed by atoms with E-state index in [4.69, 9.17) is 9.47 Å². The maximum absolute atomic E-state index is 13.6. The Morgan fingerprint density at radius 2 is 1.79 bits per heavy atom. The summed E-state index contributed by atoms with van der Waals surface area (Å²) in [6, 6.07) is 24.9. The average molecular weight is 443 g/mol. The van der Waals surface area contributed by atoms with Crippen molar-refractivity contribution in [2.45, 2.75) is 18.9 Å². The molecule has 0 unspecified atom stereocenters. The lowest BCUT2D eigenvalue weighted by molar-refractivity contribution is -0.128. The predicted molar refractivity (Wildman–Crippen MR) is 125 cm³/mol. The third kappa shape index (κ3) is 4.04. The van der Waals surface area contributed by atoms with Crippen molar-refractivity contribution in [3.63, 3.8) is 0 Å². The number of hydrogen-bond acceptors (Lipinski definition) is 4. The van der Waals surface area contributed by atoms with Gasteiger partial charge in [0.2, 0.25) is 11.8 Å². The van der Waals surface area contributed by atoms with Crippen molar-refractivity contribution in [1.82, 2.24) is 5.32 Å². The number of anilines is 1. The summed E-state index contributed by atoms with van der Waals surface area (Å²) in [6.07, 6.45) is 0.734. The SMILES string of the molecule is COc1cccc(CNC(=O)CN2C(=O)[C@@]3(COc4ccccc4)C[C@H]3c3ccccc32)c1. The molecular formula is C27H26N2O4. The van der Waals surface area contributed by atoms with Crippen molar-refractivity contribution >= 4 is 17.5 Å². The zero-order valence-corrected chi connectivity index (χ0v) is 18.5. The van der Waals surface area contributed by atoms with E-state index >= 15 is 0 Å².